The van der Waals surface area contributed by atoms with Gasteiger partial charge in [-0.25, -0.2) is 4.79 Å². The normalized spacial score (nSPS) is 11.8. The van der Waals surface area contributed by atoms with E-state index in [0.717, 1.165) is 4.90 Å². The van der Waals surface area contributed by atoms with Gasteiger partial charge in [-0.1, -0.05) is 0 Å². The van der Waals surface area contributed by atoms with Crippen molar-refractivity contribution >= 4 is 39.7 Å². The van der Waals surface area contributed by atoms with Gasteiger partial charge >= 0.3 is 5.97 Å². The Morgan fingerprint density at radius 2 is 1.88 bits per heavy atom. The number of aromatic carboxylic acids is 1. The van der Waals surface area contributed by atoms with Crippen LogP contribution in [0.15, 0.2) is 44.4 Å². The van der Waals surface area contributed by atoms with Gasteiger partial charge in [0.15, 0.2) is 11.3 Å². The maximum Gasteiger partial charge on any atom is 0.335 e. The quantitative estimate of drug-likeness (QED) is 0.547. The summed E-state index contributed by atoms with van der Waals surface area (Å²) in [6, 6.07) is 7.86. The molecule has 0 aliphatic carbocycles. The summed E-state index contributed by atoms with van der Waals surface area (Å²) < 4.78 is 11.9. The fraction of sp³-hybridized carbons (Fsp3) is 0.263. The van der Waals surface area contributed by atoms with Gasteiger partial charge in [0.1, 0.15) is 11.2 Å². The molecule has 3 aromatic rings. The Kier molecular flexibility index (Phi) is 4.24. The number of hydrogen-bond acceptors (Lipinski definition) is 5. The highest BCUT2D eigenvalue weighted by atomic mass is 32.2. The maximum atomic E-state index is 12.9. The Bertz CT molecular complexity index is 1040. The molecule has 0 saturated heterocycles. The second-order valence-corrected chi connectivity index (χ2v) is 7.54. The molecule has 0 aliphatic heterocycles. The van der Waals surface area contributed by atoms with E-state index in [4.69, 9.17) is 14.3 Å². The van der Waals surface area contributed by atoms with Crippen molar-refractivity contribution in [3.05, 3.63) is 46.1 Å². The van der Waals surface area contributed by atoms with Crippen molar-refractivity contribution in [2.75, 3.05) is 6.26 Å². The van der Waals surface area contributed by atoms with E-state index in [-0.39, 0.29) is 16.4 Å². The summed E-state index contributed by atoms with van der Waals surface area (Å²) in [7, 11) is 0. The van der Waals surface area contributed by atoms with E-state index in [1.807, 2.05) is 33.1 Å². The minimum Gasteiger partial charge on any atom is -0.484 e. The molecule has 3 rings (SSSR count). The second kappa shape index (κ2) is 6.11. The van der Waals surface area contributed by atoms with E-state index >= 15 is 0 Å². The zero-order valence-corrected chi connectivity index (χ0v) is 15.2. The van der Waals surface area contributed by atoms with E-state index in [0.29, 0.717) is 22.3 Å². The molecule has 1 N–H and O–H groups in total. The first-order valence-corrected chi connectivity index (χ1v) is 8.93. The van der Waals surface area contributed by atoms with Crippen molar-refractivity contribution < 1.29 is 19.1 Å². The number of ether oxygens (including phenoxy) is 1. The summed E-state index contributed by atoms with van der Waals surface area (Å²) in [5.74, 6) is -0.591. The number of carboxylic acids is 1. The van der Waals surface area contributed by atoms with E-state index in [1.54, 1.807) is 6.07 Å². The number of fused-ring (bicyclic) bond motifs is 2. The smallest absolute Gasteiger partial charge is 0.335 e. The Morgan fingerprint density at radius 1 is 1.16 bits per heavy atom. The zero-order chi connectivity index (χ0) is 18.4. The molecule has 5 nitrogen and oxygen atoms in total. The summed E-state index contributed by atoms with van der Waals surface area (Å²) >= 11 is 1.49. The van der Waals surface area contributed by atoms with E-state index in [2.05, 4.69) is 0 Å². The summed E-state index contributed by atoms with van der Waals surface area (Å²) in [5, 5.41) is 9.77. The third-order valence-corrected chi connectivity index (χ3v) is 4.32. The van der Waals surface area contributed by atoms with Crippen LogP contribution in [0.5, 0.6) is 5.75 Å². The van der Waals surface area contributed by atoms with E-state index in [9.17, 15) is 9.59 Å². The van der Waals surface area contributed by atoms with Crippen LogP contribution in [0.4, 0.5) is 0 Å². The molecule has 130 valence electrons. The lowest BCUT2D eigenvalue weighted by Gasteiger charge is -2.22. The Hall–Kier alpha value is -2.47. The fourth-order valence-corrected chi connectivity index (χ4v) is 3.02. The number of carbonyl (C=O) groups is 1. The maximum absolute atomic E-state index is 12.9. The van der Waals surface area contributed by atoms with Gasteiger partial charge in [0.25, 0.3) is 0 Å². The van der Waals surface area contributed by atoms with Crippen molar-refractivity contribution in [3.63, 3.8) is 0 Å². The Balaban J connectivity index is 2.39. The predicted molar refractivity (Wildman–Crippen MR) is 99.1 cm³/mol. The molecule has 1 heterocycles. The molecular weight excluding hydrogens is 340 g/mol. The summed E-state index contributed by atoms with van der Waals surface area (Å²) in [4.78, 5) is 25.0. The molecule has 0 unspecified atom stereocenters. The average molecular weight is 358 g/mol. The van der Waals surface area contributed by atoms with Crippen molar-refractivity contribution in [2.24, 2.45) is 0 Å². The van der Waals surface area contributed by atoms with Gasteiger partial charge in [-0.05, 0) is 57.4 Å². The Labute approximate surface area is 148 Å². The van der Waals surface area contributed by atoms with Crippen molar-refractivity contribution in [3.8, 4) is 5.75 Å². The molecule has 0 bridgehead atoms. The molecule has 0 amide bonds. The number of carboxylic acid groups (broad SMARTS) is 1. The van der Waals surface area contributed by atoms with Crippen molar-refractivity contribution in [1.29, 1.82) is 0 Å². The largest absolute Gasteiger partial charge is 0.484 e. The minimum atomic E-state index is -1.09. The van der Waals surface area contributed by atoms with Gasteiger partial charge in [-0.3, -0.25) is 4.79 Å². The van der Waals surface area contributed by atoms with Crippen LogP contribution in [0.25, 0.3) is 21.9 Å². The second-order valence-electron chi connectivity index (χ2n) is 6.66. The molecule has 6 heteroatoms. The van der Waals surface area contributed by atoms with E-state index in [1.165, 1.54) is 30.0 Å². The number of thioether (sulfide) groups is 1. The van der Waals surface area contributed by atoms with Gasteiger partial charge in [0.05, 0.1) is 16.3 Å². The SMILES string of the molecule is CSc1cc(OC(C)(C)C)c2oc3ccc(C(=O)O)cc3c(=O)c2c1. The summed E-state index contributed by atoms with van der Waals surface area (Å²) in [5.41, 5.74) is 0.0248. The van der Waals surface area contributed by atoms with Gasteiger partial charge in [0.2, 0.25) is 5.43 Å². The van der Waals surface area contributed by atoms with Crippen LogP contribution in [-0.2, 0) is 0 Å². The molecule has 0 aliphatic rings. The first-order chi connectivity index (χ1) is 11.7. The Morgan fingerprint density at radius 3 is 2.48 bits per heavy atom. The predicted octanol–water partition coefficient (Wildman–Crippen LogP) is 4.54. The molecule has 1 aromatic heterocycles. The molecule has 0 radical (unpaired) electrons. The van der Waals surface area contributed by atoms with Crippen LogP contribution < -0.4 is 10.2 Å². The topological polar surface area (TPSA) is 76.7 Å². The standard InChI is InChI=1S/C19H18O5S/c1-19(2,3)24-15-9-11(25-4)8-13-16(20)12-7-10(18(21)22)5-6-14(12)23-17(13)15/h5-9H,1-4H3,(H,21,22). The van der Waals surface area contributed by atoms with Gasteiger partial charge < -0.3 is 14.3 Å². The summed E-state index contributed by atoms with van der Waals surface area (Å²) in [6.07, 6.45) is 1.91. The van der Waals surface area contributed by atoms with Crippen LogP contribution in [0.3, 0.4) is 0 Å². The minimum absolute atomic E-state index is 0.0475. The fourth-order valence-electron chi connectivity index (χ4n) is 2.56. The van der Waals surface area contributed by atoms with E-state index < -0.39 is 11.6 Å². The van der Waals surface area contributed by atoms with Crippen LogP contribution in [-0.4, -0.2) is 22.9 Å². The number of hydrogen-bond donors (Lipinski definition) is 1. The van der Waals surface area contributed by atoms with Gasteiger partial charge in [-0.15, -0.1) is 11.8 Å². The monoisotopic (exact) mass is 358 g/mol. The van der Waals surface area contributed by atoms with Crippen LogP contribution in [0.1, 0.15) is 31.1 Å². The average Bonchev–Trinajstić information content (AvgIpc) is 2.53. The highest BCUT2D eigenvalue weighted by Gasteiger charge is 2.19. The lowest BCUT2D eigenvalue weighted by molar-refractivity contribution is 0.0697. The molecule has 0 atom stereocenters. The highest BCUT2D eigenvalue weighted by Crippen LogP contribution is 2.34. The van der Waals surface area contributed by atoms with Crippen LogP contribution in [0, 0.1) is 0 Å². The first-order valence-electron chi connectivity index (χ1n) is 7.70. The third kappa shape index (κ3) is 3.35. The molecule has 0 spiro atoms. The zero-order valence-electron chi connectivity index (χ0n) is 14.4. The van der Waals surface area contributed by atoms with Crippen LogP contribution >= 0.6 is 11.8 Å². The molecular formula is C19H18O5S. The van der Waals surface area contributed by atoms with Gasteiger partial charge in [0, 0.05) is 4.90 Å². The molecule has 0 saturated carbocycles. The molecule has 2 aromatic carbocycles. The summed E-state index contributed by atoms with van der Waals surface area (Å²) in [6.45, 7) is 5.76. The molecule has 0 fully saturated rings. The number of benzene rings is 2. The lowest BCUT2D eigenvalue weighted by Crippen LogP contribution is -2.23. The van der Waals surface area contributed by atoms with Gasteiger partial charge in [-0.2, -0.15) is 0 Å². The van der Waals surface area contributed by atoms with Crippen molar-refractivity contribution in [2.45, 2.75) is 31.3 Å². The lowest BCUT2D eigenvalue weighted by atomic mass is 10.1. The van der Waals surface area contributed by atoms with Crippen LogP contribution in [0.2, 0.25) is 0 Å². The highest BCUT2D eigenvalue weighted by molar-refractivity contribution is 7.98. The van der Waals surface area contributed by atoms with Crippen molar-refractivity contribution in [1.82, 2.24) is 0 Å². The molecule has 25 heavy (non-hydrogen) atoms. The number of rotatable bonds is 3. The first kappa shape index (κ1) is 17.4. The third-order valence-electron chi connectivity index (χ3n) is 3.61.